The van der Waals surface area contributed by atoms with Crippen molar-refractivity contribution in [2.75, 3.05) is 0 Å². The highest BCUT2D eigenvalue weighted by Gasteiger charge is 2.83. The molecule has 1 heterocycles. The highest BCUT2D eigenvalue weighted by atomic mass is 32.1. The molecule has 5 atom stereocenters. The van der Waals surface area contributed by atoms with Gasteiger partial charge in [0.2, 0.25) is 6.71 Å². The first-order valence-corrected chi connectivity index (χ1v) is 23.3. The molecule has 0 N–H and O–H groups in total. The number of aryl methyl sites for hydroxylation is 6. The molecule has 0 nitrogen and oxygen atoms in total. The summed E-state index contributed by atoms with van der Waals surface area (Å²) in [5.74, 6) is 1.78. The van der Waals surface area contributed by atoms with Crippen molar-refractivity contribution in [3.05, 3.63) is 184 Å². The van der Waals surface area contributed by atoms with Crippen molar-refractivity contribution in [3.63, 3.8) is 0 Å². The maximum atomic E-state index is 2.54. The van der Waals surface area contributed by atoms with E-state index < -0.39 is 0 Å². The van der Waals surface area contributed by atoms with E-state index in [4.69, 9.17) is 0 Å². The maximum Gasteiger partial charge on any atom is 0.242 e. The second kappa shape index (κ2) is 12.9. The van der Waals surface area contributed by atoms with E-state index in [1.165, 1.54) is 124 Å². The van der Waals surface area contributed by atoms with E-state index in [1.54, 1.807) is 11.1 Å². The first-order valence-electron chi connectivity index (χ1n) is 22.4. The Morgan fingerprint density at radius 1 is 0.517 bits per heavy atom. The van der Waals surface area contributed by atoms with Crippen LogP contribution in [0.4, 0.5) is 0 Å². The molecule has 1 aromatic heterocycles. The van der Waals surface area contributed by atoms with E-state index in [-0.39, 0.29) is 12.1 Å². The highest BCUT2D eigenvalue weighted by Crippen LogP contribution is 2.89. The van der Waals surface area contributed by atoms with Gasteiger partial charge in [-0.05, 0) is 136 Å². The molecule has 2 bridgehead atoms. The third kappa shape index (κ3) is 5.16. The summed E-state index contributed by atoms with van der Waals surface area (Å²) >= 11 is 1.94. The fraction of sp³-hybridized carbons (Fsp3) is 0.276. The van der Waals surface area contributed by atoms with Gasteiger partial charge in [0, 0.05) is 25.6 Å². The summed E-state index contributed by atoms with van der Waals surface area (Å²) in [6, 6.07) is 54.6. The lowest BCUT2D eigenvalue weighted by Crippen LogP contribution is -2.55. The van der Waals surface area contributed by atoms with Crippen LogP contribution in [0, 0.1) is 58.8 Å². The summed E-state index contributed by atoms with van der Waals surface area (Å²) in [5, 5.41) is 2.75. The predicted molar refractivity (Wildman–Crippen MR) is 258 cm³/mol. The Hall–Kier alpha value is -5.18. The minimum absolute atomic E-state index is 0.176. The number of rotatable bonds is 7. The molecule has 7 aromatic carbocycles. The van der Waals surface area contributed by atoms with Crippen LogP contribution in [0.3, 0.4) is 0 Å². The molecule has 0 saturated heterocycles. The standard InChI is InChI=1S/C58H53BS/c1-35-25-37(3)53(38(4)26-35)59(54-39(5)27-36(2)28-40(54)6)47-12-9-11-43(29-47)41-17-23-46(24-18-41)58-33-56(30-44-31-57(58,34-58)51(44)32-56)45-21-19-42(20-22-45)48-14-10-15-50-49-13-7-8-16-52(49)60-55(48)50/h7-29,44,51H,30-34H2,1-6H3. The van der Waals surface area contributed by atoms with Gasteiger partial charge in [0.25, 0.3) is 0 Å². The van der Waals surface area contributed by atoms with E-state index in [9.17, 15) is 0 Å². The third-order valence-corrected chi connectivity index (χ3v) is 17.7. The molecular weight excluding hydrogens is 740 g/mol. The fourth-order valence-electron chi connectivity index (χ4n) is 14.3. The van der Waals surface area contributed by atoms with Crippen LogP contribution < -0.4 is 16.4 Å². The van der Waals surface area contributed by atoms with Crippen molar-refractivity contribution in [3.8, 4) is 22.3 Å². The van der Waals surface area contributed by atoms with E-state index in [0.29, 0.717) is 10.8 Å². The first-order chi connectivity index (χ1) is 29.1. The average molecular weight is 793 g/mol. The number of hydrogen-bond donors (Lipinski definition) is 0. The van der Waals surface area contributed by atoms with Gasteiger partial charge < -0.3 is 0 Å². The van der Waals surface area contributed by atoms with Gasteiger partial charge in [-0.15, -0.1) is 11.3 Å². The van der Waals surface area contributed by atoms with E-state index >= 15 is 0 Å². The smallest absolute Gasteiger partial charge is 0.135 e. The molecule has 12 rings (SSSR count). The summed E-state index contributed by atoms with van der Waals surface area (Å²) in [4.78, 5) is 0. The molecular formula is C58H53BS. The van der Waals surface area contributed by atoms with E-state index in [0.717, 1.165) is 11.8 Å². The summed E-state index contributed by atoms with van der Waals surface area (Å²) < 4.78 is 2.78. The lowest BCUT2D eigenvalue weighted by molar-refractivity contribution is 0.0415. The minimum atomic E-state index is 0.176. The Kier molecular flexibility index (Phi) is 7.89. The van der Waals surface area contributed by atoms with Gasteiger partial charge >= 0.3 is 0 Å². The van der Waals surface area contributed by atoms with Gasteiger partial charge in [0.05, 0.1) is 0 Å². The van der Waals surface area contributed by atoms with Crippen LogP contribution in [0.2, 0.25) is 0 Å². The largest absolute Gasteiger partial charge is 0.242 e. The molecule has 2 heteroatoms. The van der Waals surface area contributed by atoms with E-state index in [2.05, 4.69) is 181 Å². The van der Waals surface area contributed by atoms with Crippen LogP contribution in [0.15, 0.2) is 140 Å². The topological polar surface area (TPSA) is 0 Å². The average Bonchev–Trinajstić information content (AvgIpc) is 3.71. The van der Waals surface area contributed by atoms with Crippen molar-refractivity contribution < 1.29 is 0 Å². The second-order valence-electron chi connectivity index (χ2n) is 20.0. The molecule has 0 amide bonds. The number of fused-ring (bicyclic) bond motifs is 4. The Morgan fingerprint density at radius 3 is 1.83 bits per heavy atom. The SMILES string of the molecule is Cc1cc(C)c(B(c2cccc(-c3ccc(C45CC6(c7ccc(-c8cccc9c8sc8ccccc89)cc7)CC7CC4(C5)C7C6)cc3)c2)c2c(C)cc(C)cc2C)c(C)c1. The van der Waals surface area contributed by atoms with Crippen molar-refractivity contribution >= 4 is 54.6 Å². The van der Waals surface area contributed by atoms with Crippen molar-refractivity contribution in [2.45, 2.75) is 84.5 Å². The molecule has 294 valence electrons. The Morgan fingerprint density at radius 2 is 1.13 bits per heavy atom. The van der Waals surface area contributed by atoms with Gasteiger partial charge in [0.1, 0.15) is 0 Å². The zero-order valence-electron chi connectivity index (χ0n) is 36.0. The van der Waals surface area contributed by atoms with Crippen LogP contribution in [0.5, 0.6) is 0 Å². The van der Waals surface area contributed by atoms with Gasteiger partial charge in [-0.2, -0.15) is 0 Å². The zero-order chi connectivity index (χ0) is 40.7. The van der Waals surface area contributed by atoms with Crippen LogP contribution in [-0.2, 0) is 10.8 Å². The molecule has 5 unspecified atom stereocenters. The molecule has 4 aliphatic rings. The molecule has 60 heavy (non-hydrogen) atoms. The third-order valence-electron chi connectivity index (χ3n) is 16.5. The van der Waals surface area contributed by atoms with Gasteiger partial charge in [-0.3, -0.25) is 0 Å². The molecule has 4 aliphatic carbocycles. The number of benzene rings is 7. The fourth-order valence-corrected chi connectivity index (χ4v) is 15.5. The lowest BCUT2D eigenvalue weighted by Gasteiger charge is -2.49. The Bertz CT molecular complexity index is 2950. The van der Waals surface area contributed by atoms with E-state index in [1.807, 2.05) is 11.3 Å². The van der Waals surface area contributed by atoms with Crippen molar-refractivity contribution in [1.82, 2.24) is 0 Å². The van der Waals surface area contributed by atoms with Crippen LogP contribution in [0.1, 0.15) is 76.6 Å². The number of thiophene rings is 1. The summed E-state index contributed by atoms with van der Waals surface area (Å²) in [5.41, 5.74) is 22.1. The van der Waals surface area contributed by atoms with Crippen LogP contribution >= 0.6 is 11.3 Å². The second-order valence-corrected chi connectivity index (χ2v) is 21.0. The van der Waals surface area contributed by atoms with Crippen molar-refractivity contribution in [2.24, 2.45) is 17.3 Å². The normalized spacial score (nSPS) is 24.7. The predicted octanol–water partition coefficient (Wildman–Crippen LogP) is 13.2. The molecule has 0 aliphatic heterocycles. The van der Waals surface area contributed by atoms with Crippen molar-refractivity contribution in [1.29, 1.82) is 0 Å². The highest BCUT2D eigenvalue weighted by molar-refractivity contribution is 7.26. The van der Waals surface area contributed by atoms with Gasteiger partial charge in [-0.1, -0.05) is 183 Å². The summed E-state index contributed by atoms with van der Waals surface area (Å²) in [7, 11) is 0. The van der Waals surface area contributed by atoms with Gasteiger partial charge in [0.15, 0.2) is 0 Å². The molecule has 1 spiro atoms. The molecule has 4 saturated carbocycles. The Balaban J connectivity index is 0.869. The van der Waals surface area contributed by atoms with Gasteiger partial charge in [-0.25, -0.2) is 0 Å². The summed E-state index contributed by atoms with van der Waals surface area (Å²) in [6.45, 7) is 13.9. The van der Waals surface area contributed by atoms with Crippen LogP contribution in [-0.4, -0.2) is 6.71 Å². The first kappa shape index (κ1) is 36.7. The quantitative estimate of drug-likeness (QED) is 0.141. The molecule has 0 radical (unpaired) electrons. The lowest BCUT2D eigenvalue weighted by atomic mass is 9.34. The van der Waals surface area contributed by atoms with Crippen LogP contribution in [0.25, 0.3) is 42.4 Å². The number of hydrogen-bond acceptors (Lipinski definition) is 1. The molecule has 4 fully saturated rings. The maximum absolute atomic E-state index is 2.54. The zero-order valence-corrected chi connectivity index (χ0v) is 36.8. The molecule has 8 aromatic rings. The minimum Gasteiger partial charge on any atom is -0.135 e. The summed E-state index contributed by atoms with van der Waals surface area (Å²) in [6.07, 6.45) is 6.89. The monoisotopic (exact) mass is 792 g/mol. The Labute approximate surface area is 360 Å².